The van der Waals surface area contributed by atoms with Crippen molar-refractivity contribution in [3.05, 3.63) is 129 Å². The van der Waals surface area contributed by atoms with Crippen LogP contribution < -0.4 is 59.1 Å². The molecule has 0 aromatic heterocycles. The molecule has 0 heterocycles. The molecular formula is C28H18Cl2Na2. The Morgan fingerprint density at radius 1 is 0.438 bits per heavy atom. The van der Waals surface area contributed by atoms with Crippen LogP contribution in [0.4, 0.5) is 0 Å². The summed E-state index contributed by atoms with van der Waals surface area (Å²) in [6.45, 7) is 0. The SMILES string of the molecule is Clc1[c-]cc(C=Cc2ccc(-c3ccc(C=Cc4c[c-]c(Cl)cc4)cc3)cc2)cc1.[Na+].[Na+]. The summed E-state index contributed by atoms with van der Waals surface area (Å²) in [6.07, 6.45) is 8.29. The molecule has 0 saturated carbocycles. The molecule has 0 aliphatic carbocycles. The Morgan fingerprint density at radius 3 is 1.06 bits per heavy atom. The van der Waals surface area contributed by atoms with Crippen LogP contribution in [0.3, 0.4) is 0 Å². The number of hydrogen-bond donors (Lipinski definition) is 0. The molecule has 146 valence electrons. The quantitative estimate of drug-likeness (QED) is 0.239. The summed E-state index contributed by atoms with van der Waals surface area (Å²) in [7, 11) is 0. The first-order valence-corrected chi connectivity index (χ1v) is 10.3. The first-order chi connectivity index (χ1) is 14.7. The minimum atomic E-state index is 0. The average molecular weight is 471 g/mol. The molecule has 0 bridgehead atoms. The molecule has 0 amide bonds. The number of rotatable bonds is 5. The van der Waals surface area contributed by atoms with Crippen LogP contribution in [0.15, 0.2) is 84.9 Å². The molecule has 0 nitrogen and oxygen atoms in total. The molecule has 0 fully saturated rings. The Hall–Kier alpha value is -1.06. The van der Waals surface area contributed by atoms with Crippen LogP contribution in [-0.2, 0) is 0 Å². The van der Waals surface area contributed by atoms with Crippen molar-refractivity contribution in [2.24, 2.45) is 0 Å². The van der Waals surface area contributed by atoms with Crippen LogP contribution >= 0.6 is 23.2 Å². The van der Waals surface area contributed by atoms with E-state index in [1.54, 1.807) is 0 Å². The summed E-state index contributed by atoms with van der Waals surface area (Å²) in [6, 6.07) is 34.4. The van der Waals surface area contributed by atoms with Gasteiger partial charge in [0.05, 0.1) is 0 Å². The van der Waals surface area contributed by atoms with E-state index in [4.69, 9.17) is 23.2 Å². The second-order valence-corrected chi connectivity index (χ2v) is 7.66. The first-order valence-electron chi connectivity index (χ1n) is 9.57. The summed E-state index contributed by atoms with van der Waals surface area (Å²) < 4.78 is 0. The largest absolute Gasteiger partial charge is 1.00 e. The maximum Gasteiger partial charge on any atom is 1.00 e. The van der Waals surface area contributed by atoms with E-state index < -0.39 is 0 Å². The predicted octanol–water partition coefficient (Wildman–Crippen LogP) is 2.61. The molecule has 0 aliphatic heterocycles. The van der Waals surface area contributed by atoms with Crippen molar-refractivity contribution in [1.29, 1.82) is 0 Å². The zero-order chi connectivity index (χ0) is 20.8. The molecule has 0 atom stereocenters. The smallest absolute Gasteiger partial charge is 0.169 e. The molecule has 0 N–H and O–H groups in total. The average Bonchev–Trinajstić information content (AvgIpc) is 2.79. The van der Waals surface area contributed by atoms with E-state index in [-0.39, 0.29) is 59.1 Å². The van der Waals surface area contributed by atoms with Gasteiger partial charge in [0.15, 0.2) is 0 Å². The van der Waals surface area contributed by atoms with Crippen LogP contribution in [0.5, 0.6) is 0 Å². The summed E-state index contributed by atoms with van der Waals surface area (Å²) in [5, 5.41) is 1.25. The third-order valence-electron chi connectivity index (χ3n) is 4.69. The van der Waals surface area contributed by atoms with Crippen molar-refractivity contribution in [3.63, 3.8) is 0 Å². The fourth-order valence-corrected chi connectivity index (χ4v) is 3.24. The first kappa shape index (κ1) is 27.2. The van der Waals surface area contributed by atoms with Gasteiger partial charge in [-0.1, -0.05) is 70.7 Å². The number of hydrogen-bond acceptors (Lipinski definition) is 0. The molecule has 0 spiro atoms. The van der Waals surface area contributed by atoms with E-state index in [1.807, 2.05) is 36.4 Å². The minimum Gasteiger partial charge on any atom is -0.169 e. The van der Waals surface area contributed by atoms with Crippen LogP contribution in [-0.4, -0.2) is 0 Å². The Morgan fingerprint density at radius 2 is 0.750 bits per heavy atom. The van der Waals surface area contributed by atoms with Gasteiger partial charge in [0.1, 0.15) is 0 Å². The topological polar surface area (TPSA) is 0 Å². The second-order valence-electron chi connectivity index (χ2n) is 6.85. The van der Waals surface area contributed by atoms with E-state index in [0.29, 0.717) is 10.0 Å². The molecule has 32 heavy (non-hydrogen) atoms. The van der Waals surface area contributed by atoms with E-state index in [9.17, 15) is 0 Å². The fourth-order valence-electron chi connectivity index (χ4n) is 3.00. The van der Waals surface area contributed by atoms with Crippen LogP contribution in [0, 0.1) is 12.1 Å². The Labute approximate surface area is 244 Å². The molecule has 0 saturated heterocycles. The van der Waals surface area contributed by atoms with Crippen molar-refractivity contribution in [2.45, 2.75) is 0 Å². The van der Waals surface area contributed by atoms with Gasteiger partial charge in [-0.3, -0.25) is 0 Å². The molecule has 0 radical (unpaired) electrons. The van der Waals surface area contributed by atoms with Gasteiger partial charge in [0.25, 0.3) is 0 Å². The molecule has 4 heteroatoms. The predicted molar refractivity (Wildman–Crippen MR) is 130 cm³/mol. The maximum absolute atomic E-state index is 5.88. The van der Waals surface area contributed by atoms with Crippen LogP contribution in [0.1, 0.15) is 22.3 Å². The molecule has 0 unspecified atom stereocenters. The third-order valence-corrected chi connectivity index (χ3v) is 5.16. The van der Waals surface area contributed by atoms with Crippen molar-refractivity contribution in [1.82, 2.24) is 0 Å². The van der Waals surface area contributed by atoms with Gasteiger partial charge in [-0.25, -0.2) is 0 Å². The van der Waals surface area contributed by atoms with Gasteiger partial charge < -0.3 is 0 Å². The van der Waals surface area contributed by atoms with Gasteiger partial charge >= 0.3 is 59.1 Å². The van der Waals surface area contributed by atoms with Crippen LogP contribution in [0.2, 0.25) is 10.0 Å². The van der Waals surface area contributed by atoms with E-state index in [0.717, 1.165) is 22.3 Å². The zero-order valence-electron chi connectivity index (χ0n) is 18.1. The van der Waals surface area contributed by atoms with Gasteiger partial charge in [0, 0.05) is 0 Å². The summed E-state index contributed by atoms with van der Waals surface area (Å²) in [5.74, 6) is 0. The molecule has 4 aromatic rings. The third kappa shape index (κ3) is 8.06. The Bertz CT molecular complexity index is 1060. The van der Waals surface area contributed by atoms with Crippen molar-refractivity contribution in [2.75, 3.05) is 0 Å². The van der Waals surface area contributed by atoms with Gasteiger partial charge in [-0.05, 0) is 22.3 Å². The standard InChI is InChI=1S/C28H18Cl2.2Na/c29-27-17-9-23(10-18-27)3-1-21-5-13-25(14-6-21)26-15-7-22(8-16-26)2-4-24-11-19-28(30)20-12-24;;/h1-17,19H;;/q-2;2*+1. The Balaban J connectivity index is 0.00000181. The summed E-state index contributed by atoms with van der Waals surface area (Å²) in [5.41, 5.74) is 6.82. The summed E-state index contributed by atoms with van der Waals surface area (Å²) in [4.78, 5) is 0. The maximum atomic E-state index is 5.88. The van der Waals surface area contributed by atoms with E-state index >= 15 is 0 Å². The Kier molecular flexibility index (Phi) is 11.6. The fraction of sp³-hybridized carbons (Fsp3) is 0. The molecule has 4 aromatic carbocycles. The van der Waals surface area contributed by atoms with Crippen molar-refractivity contribution >= 4 is 47.5 Å². The normalized spacial score (nSPS) is 10.7. The monoisotopic (exact) mass is 470 g/mol. The van der Waals surface area contributed by atoms with Crippen molar-refractivity contribution in [3.8, 4) is 11.1 Å². The second kappa shape index (κ2) is 13.6. The molecule has 0 aliphatic rings. The van der Waals surface area contributed by atoms with Gasteiger partial charge in [-0.2, -0.15) is 48.5 Å². The van der Waals surface area contributed by atoms with Gasteiger partial charge in [0.2, 0.25) is 0 Å². The molecule has 4 rings (SSSR count). The molecular weight excluding hydrogens is 453 g/mol. The van der Waals surface area contributed by atoms with E-state index in [2.05, 4.69) is 85.0 Å². The van der Waals surface area contributed by atoms with Crippen molar-refractivity contribution < 1.29 is 59.1 Å². The number of halogens is 2. The van der Waals surface area contributed by atoms with E-state index in [1.165, 1.54) is 11.1 Å². The summed E-state index contributed by atoms with van der Waals surface area (Å²) >= 11 is 11.8. The zero-order valence-corrected chi connectivity index (χ0v) is 23.7. The van der Waals surface area contributed by atoms with Gasteiger partial charge in [-0.15, -0.1) is 46.5 Å². The minimum absolute atomic E-state index is 0. The number of benzene rings is 4. The van der Waals surface area contributed by atoms with Crippen LogP contribution in [0.25, 0.3) is 35.4 Å².